The number of amides is 1. The molecule has 2 aromatic carbocycles. The topological polar surface area (TPSA) is 71.5 Å². The van der Waals surface area contributed by atoms with Crippen molar-refractivity contribution in [3.8, 4) is 0 Å². The number of aromatic nitrogens is 1. The monoisotopic (exact) mass is 435 g/mol. The molecule has 0 spiro atoms. The van der Waals surface area contributed by atoms with Crippen LogP contribution in [0.15, 0.2) is 78.7 Å². The highest BCUT2D eigenvalue weighted by molar-refractivity contribution is 7.13. The molecule has 0 radical (unpaired) electrons. The van der Waals surface area contributed by atoms with Gasteiger partial charge in [0.1, 0.15) is 0 Å². The lowest BCUT2D eigenvalue weighted by Gasteiger charge is -2.26. The number of anilines is 1. The lowest BCUT2D eigenvalue weighted by molar-refractivity contribution is -0.141. The number of esters is 1. The van der Waals surface area contributed by atoms with Crippen molar-refractivity contribution in [3.63, 3.8) is 0 Å². The molecule has 1 heterocycles. The standard InChI is InChI=1S/C24H25N3O3S/c1-3-14-25-24-26-21(17-31-24)23(29)30-18(2)22(28)27(15-19-10-6-4-7-11-19)16-20-12-8-5-9-13-20/h3-13,17-18H,1,14-16H2,2H3,(H,25,26). The summed E-state index contributed by atoms with van der Waals surface area (Å²) in [6, 6.07) is 19.5. The molecule has 6 nitrogen and oxygen atoms in total. The third-order valence-corrected chi connectivity index (χ3v) is 5.29. The second-order valence-corrected chi connectivity index (χ2v) is 7.78. The fourth-order valence-corrected chi connectivity index (χ4v) is 3.65. The van der Waals surface area contributed by atoms with Crippen LogP contribution in [-0.4, -0.2) is 34.4 Å². The van der Waals surface area contributed by atoms with Crippen LogP contribution in [0, 0.1) is 0 Å². The highest BCUT2D eigenvalue weighted by atomic mass is 32.1. The molecule has 1 unspecified atom stereocenters. The Morgan fingerprint density at radius 1 is 1.10 bits per heavy atom. The highest BCUT2D eigenvalue weighted by Crippen LogP contribution is 2.18. The molecule has 3 rings (SSSR count). The molecule has 31 heavy (non-hydrogen) atoms. The molecular formula is C24H25N3O3S. The first-order valence-corrected chi connectivity index (χ1v) is 10.8. The Labute approximate surface area is 186 Å². The summed E-state index contributed by atoms with van der Waals surface area (Å²) >= 11 is 1.30. The first kappa shape index (κ1) is 22.2. The van der Waals surface area contributed by atoms with E-state index in [1.165, 1.54) is 11.3 Å². The number of carbonyl (C=O) groups excluding carboxylic acids is 2. The van der Waals surface area contributed by atoms with Crippen molar-refractivity contribution in [1.82, 2.24) is 9.88 Å². The number of benzene rings is 2. The lowest BCUT2D eigenvalue weighted by Crippen LogP contribution is -2.39. The summed E-state index contributed by atoms with van der Waals surface area (Å²) in [5.41, 5.74) is 2.18. The van der Waals surface area contributed by atoms with Crippen LogP contribution in [0.25, 0.3) is 0 Å². The Morgan fingerprint density at radius 2 is 1.68 bits per heavy atom. The summed E-state index contributed by atoms with van der Waals surface area (Å²) in [7, 11) is 0. The van der Waals surface area contributed by atoms with Gasteiger partial charge in [-0.1, -0.05) is 66.7 Å². The molecule has 0 saturated heterocycles. The van der Waals surface area contributed by atoms with Crippen LogP contribution < -0.4 is 5.32 Å². The molecule has 0 aliphatic carbocycles. The van der Waals surface area contributed by atoms with E-state index < -0.39 is 12.1 Å². The zero-order chi connectivity index (χ0) is 22.1. The first-order valence-electron chi connectivity index (χ1n) is 9.94. The van der Waals surface area contributed by atoms with Gasteiger partial charge in [0.2, 0.25) is 0 Å². The quantitative estimate of drug-likeness (QED) is 0.375. The number of hydrogen-bond donors (Lipinski definition) is 1. The van der Waals surface area contributed by atoms with Gasteiger partial charge in [0.05, 0.1) is 0 Å². The Balaban J connectivity index is 1.69. The van der Waals surface area contributed by atoms with E-state index in [4.69, 9.17) is 4.74 Å². The predicted molar refractivity (Wildman–Crippen MR) is 123 cm³/mol. The lowest BCUT2D eigenvalue weighted by atomic mass is 10.1. The molecule has 1 aromatic heterocycles. The molecule has 0 saturated carbocycles. The van der Waals surface area contributed by atoms with Crippen LogP contribution in [0.4, 0.5) is 5.13 Å². The van der Waals surface area contributed by atoms with E-state index in [1.54, 1.807) is 23.3 Å². The largest absolute Gasteiger partial charge is 0.448 e. The zero-order valence-corrected chi connectivity index (χ0v) is 18.2. The van der Waals surface area contributed by atoms with Gasteiger partial charge in [0.15, 0.2) is 16.9 Å². The van der Waals surface area contributed by atoms with Crippen LogP contribution in [0.5, 0.6) is 0 Å². The van der Waals surface area contributed by atoms with Crippen molar-refractivity contribution >= 4 is 28.3 Å². The molecule has 7 heteroatoms. The van der Waals surface area contributed by atoms with Gasteiger partial charge in [-0.3, -0.25) is 4.79 Å². The van der Waals surface area contributed by atoms with Crippen molar-refractivity contribution < 1.29 is 14.3 Å². The number of thiazole rings is 1. The molecule has 1 atom stereocenters. The number of ether oxygens (including phenoxy) is 1. The van der Waals surface area contributed by atoms with E-state index in [1.807, 2.05) is 60.7 Å². The maximum atomic E-state index is 13.2. The summed E-state index contributed by atoms with van der Waals surface area (Å²) < 4.78 is 5.44. The van der Waals surface area contributed by atoms with Crippen molar-refractivity contribution in [2.45, 2.75) is 26.1 Å². The van der Waals surface area contributed by atoms with Crippen LogP contribution in [0.1, 0.15) is 28.5 Å². The maximum absolute atomic E-state index is 13.2. The second-order valence-electron chi connectivity index (χ2n) is 6.92. The molecule has 0 bridgehead atoms. The van der Waals surface area contributed by atoms with Crippen LogP contribution >= 0.6 is 11.3 Å². The van der Waals surface area contributed by atoms with Gasteiger partial charge in [-0.2, -0.15) is 0 Å². The van der Waals surface area contributed by atoms with E-state index in [0.717, 1.165) is 11.1 Å². The average Bonchev–Trinajstić information content (AvgIpc) is 3.27. The summed E-state index contributed by atoms with van der Waals surface area (Å²) in [5.74, 6) is -0.885. The predicted octanol–water partition coefficient (Wildman–Crippen LogP) is 4.52. The van der Waals surface area contributed by atoms with E-state index >= 15 is 0 Å². The molecule has 0 aliphatic rings. The number of rotatable bonds is 10. The van der Waals surface area contributed by atoms with Gasteiger partial charge >= 0.3 is 5.97 Å². The van der Waals surface area contributed by atoms with E-state index in [-0.39, 0.29) is 11.6 Å². The minimum absolute atomic E-state index is 0.175. The van der Waals surface area contributed by atoms with Crippen molar-refractivity contribution in [1.29, 1.82) is 0 Å². The van der Waals surface area contributed by atoms with Gasteiger partial charge in [-0.05, 0) is 18.1 Å². The fourth-order valence-electron chi connectivity index (χ4n) is 2.96. The highest BCUT2D eigenvalue weighted by Gasteiger charge is 2.26. The Morgan fingerprint density at radius 3 is 2.23 bits per heavy atom. The molecular weight excluding hydrogens is 410 g/mol. The van der Waals surface area contributed by atoms with Crippen molar-refractivity contribution in [2.24, 2.45) is 0 Å². The van der Waals surface area contributed by atoms with Crippen molar-refractivity contribution in [3.05, 3.63) is 95.5 Å². The Kier molecular flexibility index (Phi) is 7.95. The first-order chi connectivity index (χ1) is 15.1. The number of carbonyl (C=O) groups is 2. The summed E-state index contributed by atoms with van der Waals surface area (Å²) in [6.45, 7) is 6.61. The van der Waals surface area contributed by atoms with Gasteiger partial charge in [-0.25, -0.2) is 9.78 Å². The van der Waals surface area contributed by atoms with E-state index in [9.17, 15) is 9.59 Å². The summed E-state index contributed by atoms with van der Waals surface area (Å²) in [5, 5.41) is 5.23. The van der Waals surface area contributed by atoms with Gasteiger partial charge in [0.25, 0.3) is 5.91 Å². The Hall–Kier alpha value is -3.45. The van der Waals surface area contributed by atoms with E-state index in [0.29, 0.717) is 24.8 Å². The zero-order valence-electron chi connectivity index (χ0n) is 17.4. The molecule has 160 valence electrons. The Bertz CT molecular complexity index is 964. The summed E-state index contributed by atoms with van der Waals surface area (Å²) in [6.07, 6.45) is 0.764. The van der Waals surface area contributed by atoms with Crippen LogP contribution in [0.3, 0.4) is 0 Å². The third-order valence-electron chi connectivity index (χ3n) is 4.49. The smallest absolute Gasteiger partial charge is 0.358 e. The molecule has 1 N–H and O–H groups in total. The van der Waals surface area contributed by atoms with Gasteiger partial charge < -0.3 is 15.0 Å². The van der Waals surface area contributed by atoms with E-state index in [2.05, 4.69) is 16.9 Å². The normalized spacial score (nSPS) is 11.4. The van der Waals surface area contributed by atoms with Crippen LogP contribution in [-0.2, 0) is 22.6 Å². The fraction of sp³-hybridized carbons (Fsp3) is 0.208. The third kappa shape index (κ3) is 6.52. The number of nitrogens with one attached hydrogen (secondary N) is 1. The van der Waals surface area contributed by atoms with Crippen molar-refractivity contribution in [2.75, 3.05) is 11.9 Å². The minimum Gasteiger partial charge on any atom is -0.448 e. The van der Waals surface area contributed by atoms with Crippen LogP contribution in [0.2, 0.25) is 0 Å². The summed E-state index contributed by atoms with van der Waals surface area (Å²) in [4.78, 5) is 31.6. The molecule has 3 aromatic rings. The molecule has 0 fully saturated rings. The average molecular weight is 436 g/mol. The minimum atomic E-state index is -0.939. The SMILES string of the molecule is C=CCNc1nc(C(=O)OC(C)C(=O)N(Cc2ccccc2)Cc2ccccc2)cs1. The maximum Gasteiger partial charge on any atom is 0.358 e. The molecule has 1 amide bonds. The molecule has 0 aliphatic heterocycles. The van der Waals surface area contributed by atoms with Gasteiger partial charge in [0, 0.05) is 25.0 Å². The van der Waals surface area contributed by atoms with Gasteiger partial charge in [-0.15, -0.1) is 17.9 Å². The second kappa shape index (κ2) is 11.1. The number of nitrogens with zero attached hydrogens (tertiary/aromatic N) is 2. The number of hydrogen-bond acceptors (Lipinski definition) is 6.